The highest BCUT2D eigenvalue weighted by atomic mass is 35.5. The van der Waals surface area contributed by atoms with E-state index in [1.807, 2.05) is 0 Å². The summed E-state index contributed by atoms with van der Waals surface area (Å²) in [5.41, 5.74) is 0. The van der Waals surface area contributed by atoms with Crippen LogP contribution in [0, 0.1) is 0 Å². The van der Waals surface area contributed by atoms with Crippen LogP contribution in [-0.4, -0.2) is 66.2 Å². The third-order valence-corrected chi connectivity index (χ3v) is 2.92. The molecule has 0 aromatic heterocycles. The second-order valence-corrected chi connectivity index (χ2v) is 3.85. The number of hydrogen-bond acceptors (Lipinski definition) is 3. The average molecular weight is 207 g/mol. The Kier molecular flexibility index (Phi) is 5.02. The van der Waals surface area contributed by atoms with Crippen molar-refractivity contribution < 1.29 is 5.11 Å². The maximum absolute atomic E-state index is 9.35. The van der Waals surface area contributed by atoms with E-state index in [1.54, 1.807) is 0 Å². The number of likely N-dealkylation sites (N-methyl/N-ethyl adjacent to an activating group) is 1. The largest absolute Gasteiger partial charge is 0.391 e. The first kappa shape index (κ1) is 11.2. The first-order valence-electron chi connectivity index (χ1n) is 4.95. The van der Waals surface area contributed by atoms with Gasteiger partial charge in [0.1, 0.15) is 0 Å². The molecule has 0 aliphatic carbocycles. The molecular weight excluding hydrogens is 188 g/mol. The summed E-state index contributed by atoms with van der Waals surface area (Å²) in [6.07, 6.45) is -0.366. The molecule has 1 saturated heterocycles. The molecule has 1 unspecified atom stereocenters. The molecule has 1 atom stereocenters. The first-order chi connectivity index (χ1) is 6.26. The van der Waals surface area contributed by atoms with Crippen molar-refractivity contribution >= 4 is 11.6 Å². The summed E-state index contributed by atoms with van der Waals surface area (Å²) in [6, 6.07) is 0. The van der Waals surface area contributed by atoms with Crippen molar-refractivity contribution in [1.82, 2.24) is 9.80 Å². The Bertz CT molecular complexity index is 138. The minimum Gasteiger partial charge on any atom is -0.391 e. The van der Waals surface area contributed by atoms with Crippen LogP contribution >= 0.6 is 11.6 Å². The van der Waals surface area contributed by atoms with Gasteiger partial charge in [-0.05, 0) is 6.54 Å². The molecule has 0 amide bonds. The van der Waals surface area contributed by atoms with Crippen LogP contribution in [-0.2, 0) is 0 Å². The van der Waals surface area contributed by atoms with Crippen molar-refractivity contribution in [2.24, 2.45) is 0 Å². The number of aliphatic hydroxyl groups is 1. The van der Waals surface area contributed by atoms with Crippen LogP contribution in [0.4, 0.5) is 0 Å². The maximum Gasteiger partial charge on any atom is 0.0802 e. The van der Waals surface area contributed by atoms with Crippen molar-refractivity contribution in [3.63, 3.8) is 0 Å². The van der Waals surface area contributed by atoms with Gasteiger partial charge in [0.05, 0.1) is 6.10 Å². The van der Waals surface area contributed by atoms with Crippen molar-refractivity contribution in [2.75, 3.05) is 45.1 Å². The second kappa shape index (κ2) is 5.81. The number of nitrogens with zero attached hydrogens (tertiary/aromatic N) is 2. The minimum absolute atomic E-state index is 0.341. The molecule has 0 spiro atoms. The molecule has 1 aliphatic heterocycles. The number of hydrogen-bond donors (Lipinski definition) is 1. The fourth-order valence-electron chi connectivity index (χ4n) is 1.63. The molecule has 13 heavy (non-hydrogen) atoms. The Morgan fingerprint density at radius 2 is 1.77 bits per heavy atom. The topological polar surface area (TPSA) is 26.7 Å². The highest BCUT2D eigenvalue weighted by Gasteiger charge is 2.17. The summed E-state index contributed by atoms with van der Waals surface area (Å²) in [5.74, 6) is 0.341. The molecule has 0 radical (unpaired) electrons. The number of alkyl halides is 1. The van der Waals surface area contributed by atoms with Gasteiger partial charge < -0.3 is 10.0 Å². The highest BCUT2D eigenvalue weighted by molar-refractivity contribution is 6.18. The van der Waals surface area contributed by atoms with E-state index < -0.39 is 0 Å². The fraction of sp³-hybridized carbons (Fsp3) is 1.00. The van der Waals surface area contributed by atoms with Gasteiger partial charge in [0.25, 0.3) is 0 Å². The van der Waals surface area contributed by atoms with Crippen LogP contribution in [0.3, 0.4) is 0 Å². The Hall–Kier alpha value is 0.170. The van der Waals surface area contributed by atoms with E-state index >= 15 is 0 Å². The van der Waals surface area contributed by atoms with Crippen LogP contribution in [0.1, 0.15) is 6.92 Å². The highest BCUT2D eigenvalue weighted by Crippen LogP contribution is 2.02. The number of rotatable bonds is 4. The van der Waals surface area contributed by atoms with E-state index in [0.717, 1.165) is 39.3 Å². The summed E-state index contributed by atoms with van der Waals surface area (Å²) in [6.45, 7) is 8.39. The molecule has 1 fully saturated rings. The van der Waals surface area contributed by atoms with Gasteiger partial charge in [-0.25, -0.2) is 0 Å². The summed E-state index contributed by atoms with van der Waals surface area (Å²) >= 11 is 5.54. The zero-order valence-corrected chi connectivity index (χ0v) is 9.00. The Morgan fingerprint density at radius 1 is 1.23 bits per heavy atom. The Morgan fingerprint density at radius 3 is 2.23 bits per heavy atom. The third kappa shape index (κ3) is 3.81. The van der Waals surface area contributed by atoms with E-state index in [0.29, 0.717) is 5.88 Å². The monoisotopic (exact) mass is 206 g/mol. The lowest BCUT2D eigenvalue weighted by atomic mass is 10.3. The zero-order valence-electron chi connectivity index (χ0n) is 8.25. The molecule has 0 aromatic rings. The number of aliphatic hydroxyl groups excluding tert-OH is 1. The smallest absolute Gasteiger partial charge is 0.0802 e. The van der Waals surface area contributed by atoms with Crippen molar-refractivity contribution in [3.05, 3.63) is 0 Å². The fourth-order valence-corrected chi connectivity index (χ4v) is 1.73. The molecular formula is C9H19ClN2O. The van der Waals surface area contributed by atoms with Crippen LogP contribution in [0.15, 0.2) is 0 Å². The maximum atomic E-state index is 9.35. The average Bonchev–Trinajstić information content (AvgIpc) is 2.19. The first-order valence-corrected chi connectivity index (χ1v) is 5.48. The second-order valence-electron chi connectivity index (χ2n) is 3.54. The molecule has 1 N–H and O–H groups in total. The summed E-state index contributed by atoms with van der Waals surface area (Å²) in [4.78, 5) is 4.70. The van der Waals surface area contributed by atoms with Gasteiger partial charge in [-0.2, -0.15) is 0 Å². The molecule has 3 nitrogen and oxygen atoms in total. The number of piperazine rings is 1. The van der Waals surface area contributed by atoms with E-state index in [4.69, 9.17) is 11.6 Å². The van der Waals surface area contributed by atoms with Gasteiger partial charge in [-0.15, -0.1) is 11.6 Å². The molecule has 1 heterocycles. The quantitative estimate of drug-likeness (QED) is 0.667. The third-order valence-electron chi connectivity index (χ3n) is 2.56. The lowest BCUT2D eigenvalue weighted by Gasteiger charge is -2.34. The number of β-amino-alcohol motifs (C(OH)–C–C–N with tert-alkyl or cyclic N) is 1. The minimum atomic E-state index is -0.366. The van der Waals surface area contributed by atoms with Crippen molar-refractivity contribution in [3.8, 4) is 0 Å². The van der Waals surface area contributed by atoms with Gasteiger partial charge in [-0.1, -0.05) is 6.92 Å². The predicted octanol–water partition coefficient (Wildman–Crippen LogP) is 0.224. The van der Waals surface area contributed by atoms with Crippen molar-refractivity contribution in [1.29, 1.82) is 0 Å². The molecule has 1 rings (SSSR count). The van der Waals surface area contributed by atoms with Crippen LogP contribution < -0.4 is 0 Å². The predicted molar refractivity (Wildman–Crippen MR) is 55.3 cm³/mol. The molecule has 78 valence electrons. The van der Waals surface area contributed by atoms with E-state index in [-0.39, 0.29) is 6.10 Å². The van der Waals surface area contributed by atoms with E-state index in [9.17, 15) is 5.11 Å². The normalized spacial score (nSPS) is 23.3. The molecule has 1 aliphatic rings. The van der Waals surface area contributed by atoms with Gasteiger partial charge >= 0.3 is 0 Å². The van der Waals surface area contributed by atoms with E-state index in [1.165, 1.54) is 0 Å². The van der Waals surface area contributed by atoms with Crippen LogP contribution in [0.25, 0.3) is 0 Å². The molecule has 4 heteroatoms. The standard InChI is InChI=1S/C9H19ClN2O/c1-2-11-3-5-12(6-4-11)8-9(13)7-10/h9,13H,2-8H2,1H3. The Balaban J connectivity index is 2.17. The van der Waals surface area contributed by atoms with Crippen molar-refractivity contribution in [2.45, 2.75) is 13.0 Å². The summed E-state index contributed by atoms with van der Waals surface area (Å²) in [7, 11) is 0. The van der Waals surface area contributed by atoms with Gasteiger partial charge in [-0.3, -0.25) is 4.90 Å². The van der Waals surface area contributed by atoms with Gasteiger partial charge in [0.15, 0.2) is 0 Å². The molecule has 0 aromatic carbocycles. The van der Waals surface area contributed by atoms with Crippen LogP contribution in [0.5, 0.6) is 0 Å². The molecule has 0 saturated carbocycles. The van der Waals surface area contributed by atoms with Gasteiger partial charge in [0, 0.05) is 38.6 Å². The zero-order chi connectivity index (χ0) is 9.68. The number of halogens is 1. The summed E-state index contributed by atoms with van der Waals surface area (Å²) < 4.78 is 0. The van der Waals surface area contributed by atoms with Crippen LogP contribution in [0.2, 0.25) is 0 Å². The Labute approximate surface area is 85.3 Å². The summed E-state index contributed by atoms with van der Waals surface area (Å²) in [5, 5.41) is 9.35. The lowest BCUT2D eigenvalue weighted by molar-refractivity contribution is 0.0843. The van der Waals surface area contributed by atoms with E-state index in [2.05, 4.69) is 16.7 Å². The SMILES string of the molecule is CCN1CCN(CC(O)CCl)CC1. The molecule has 0 bridgehead atoms. The lowest BCUT2D eigenvalue weighted by Crippen LogP contribution is -2.48. The van der Waals surface area contributed by atoms with Gasteiger partial charge in [0.2, 0.25) is 0 Å².